The molecule has 31 heavy (non-hydrogen) atoms. The summed E-state index contributed by atoms with van der Waals surface area (Å²) in [5.41, 5.74) is 0.724. The number of carbonyl (C=O) groups is 3. The van der Waals surface area contributed by atoms with Crippen molar-refractivity contribution >= 4 is 17.7 Å². The Kier molecular flexibility index (Phi) is 8.61. The predicted molar refractivity (Wildman–Crippen MR) is 117 cm³/mol. The number of Topliss-reactive ketones (excluding diaryl/α,β-unsaturated/α-hetero) is 1. The van der Waals surface area contributed by atoms with Crippen LogP contribution in [0.25, 0.3) is 0 Å². The molecule has 2 rings (SSSR count). The van der Waals surface area contributed by atoms with Crippen molar-refractivity contribution in [1.82, 2.24) is 5.32 Å². The summed E-state index contributed by atoms with van der Waals surface area (Å²) in [6.07, 6.45) is -1.00. The molecule has 2 aromatic rings. The summed E-state index contributed by atoms with van der Waals surface area (Å²) >= 11 is 0. The predicted octanol–water partition coefficient (Wildman–Crippen LogP) is 3.66. The number of methoxy groups -OCH3 is 1. The monoisotopic (exact) mass is 427 g/mol. The molecule has 2 aromatic carbocycles. The van der Waals surface area contributed by atoms with Gasteiger partial charge in [0, 0.05) is 5.56 Å². The van der Waals surface area contributed by atoms with E-state index in [9.17, 15) is 14.4 Å². The van der Waals surface area contributed by atoms with Gasteiger partial charge in [-0.05, 0) is 56.2 Å². The number of hydrogen-bond donors (Lipinski definition) is 1. The number of ether oxygens (including phenoxy) is 3. The van der Waals surface area contributed by atoms with E-state index in [2.05, 4.69) is 5.32 Å². The van der Waals surface area contributed by atoms with Crippen molar-refractivity contribution < 1.29 is 28.6 Å². The smallest absolute Gasteiger partial charge is 0.329 e. The van der Waals surface area contributed by atoms with E-state index in [0.717, 1.165) is 0 Å². The zero-order valence-corrected chi connectivity index (χ0v) is 18.5. The highest BCUT2D eigenvalue weighted by molar-refractivity contribution is 6.01. The molecule has 7 heteroatoms. The van der Waals surface area contributed by atoms with Crippen molar-refractivity contribution in [2.24, 2.45) is 5.92 Å². The zero-order valence-electron chi connectivity index (χ0n) is 18.5. The minimum Gasteiger partial charge on any atom is -0.497 e. The summed E-state index contributed by atoms with van der Waals surface area (Å²) < 4.78 is 16.0. The van der Waals surface area contributed by atoms with Crippen molar-refractivity contribution in [3.63, 3.8) is 0 Å². The van der Waals surface area contributed by atoms with Gasteiger partial charge in [-0.3, -0.25) is 9.59 Å². The maximum atomic E-state index is 12.8. The minimum absolute atomic E-state index is 0.251. The first-order chi connectivity index (χ1) is 14.8. The topological polar surface area (TPSA) is 90.9 Å². The van der Waals surface area contributed by atoms with Gasteiger partial charge >= 0.3 is 5.97 Å². The van der Waals surface area contributed by atoms with Crippen LogP contribution in [0.4, 0.5) is 0 Å². The molecule has 0 heterocycles. The third kappa shape index (κ3) is 6.31. The number of hydrogen-bond acceptors (Lipinski definition) is 6. The lowest BCUT2D eigenvalue weighted by Crippen LogP contribution is -2.46. The van der Waals surface area contributed by atoms with Crippen LogP contribution in [0, 0.1) is 5.92 Å². The maximum Gasteiger partial charge on any atom is 0.329 e. The van der Waals surface area contributed by atoms with Crippen LogP contribution in [-0.4, -0.2) is 43.5 Å². The lowest BCUT2D eigenvalue weighted by atomic mass is 10.0. The Labute approximate surface area is 182 Å². The average molecular weight is 427 g/mol. The number of para-hydroxylation sites is 1. The number of rotatable bonds is 10. The molecule has 2 atom stereocenters. The van der Waals surface area contributed by atoms with Crippen molar-refractivity contribution in [3.05, 3.63) is 59.7 Å². The van der Waals surface area contributed by atoms with E-state index >= 15 is 0 Å². The Morgan fingerprint density at radius 2 is 1.61 bits per heavy atom. The van der Waals surface area contributed by atoms with Crippen LogP contribution in [0.15, 0.2) is 48.5 Å². The third-order valence-corrected chi connectivity index (χ3v) is 4.68. The molecule has 0 aliphatic carbocycles. The summed E-state index contributed by atoms with van der Waals surface area (Å²) in [7, 11) is 1.54. The lowest BCUT2D eigenvalue weighted by molar-refractivity contribution is -0.149. The Balaban J connectivity index is 2.09. The molecule has 1 amide bonds. The zero-order chi connectivity index (χ0) is 23.0. The highest BCUT2D eigenvalue weighted by atomic mass is 16.5. The van der Waals surface area contributed by atoms with E-state index in [1.54, 1.807) is 62.4 Å². The molecule has 166 valence electrons. The standard InChI is InChI=1S/C24H29NO6/c1-6-30-20-10-8-7-9-19(20)23(27)25-21(15(2)3)24(28)31-16(4)22(26)17-11-13-18(29-5)14-12-17/h7-16,21H,6H2,1-5H3,(H,25,27)/t16-,21+/m1/s1. The van der Waals surface area contributed by atoms with Crippen LogP contribution in [0.5, 0.6) is 11.5 Å². The number of amides is 1. The third-order valence-electron chi connectivity index (χ3n) is 4.68. The van der Waals surface area contributed by atoms with E-state index in [1.165, 1.54) is 14.0 Å². The van der Waals surface area contributed by atoms with Crippen molar-refractivity contribution in [2.45, 2.75) is 39.8 Å². The molecule has 0 aliphatic rings. The van der Waals surface area contributed by atoms with Crippen LogP contribution in [-0.2, 0) is 9.53 Å². The van der Waals surface area contributed by atoms with Crippen LogP contribution in [0.1, 0.15) is 48.4 Å². The second-order valence-corrected chi connectivity index (χ2v) is 7.30. The van der Waals surface area contributed by atoms with Gasteiger partial charge in [0.1, 0.15) is 17.5 Å². The first-order valence-electron chi connectivity index (χ1n) is 10.2. The number of esters is 1. The second-order valence-electron chi connectivity index (χ2n) is 7.30. The number of benzene rings is 2. The van der Waals surface area contributed by atoms with Gasteiger partial charge in [-0.1, -0.05) is 26.0 Å². The molecule has 0 aliphatic heterocycles. The van der Waals surface area contributed by atoms with Gasteiger partial charge < -0.3 is 19.5 Å². The first kappa shape index (κ1) is 23.9. The number of ketones is 1. The van der Waals surface area contributed by atoms with E-state index < -0.39 is 24.0 Å². The van der Waals surface area contributed by atoms with Crippen molar-refractivity contribution in [3.8, 4) is 11.5 Å². The SMILES string of the molecule is CCOc1ccccc1C(=O)N[C@H](C(=O)O[C@H](C)C(=O)c1ccc(OC)cc1)C(C)C. The summed E-state index contributed by atoms with van der Waals surface area (Å²) in [6.45, 7) is 7.32. The fourth-order valence-corrected chi connectivity index (χ4v) is 2.94. The van der Waals surface area contributed by atoms with Gasteiger partial charge in [0.2, 0.25) is 5.78 Å². The van der Waals surface area contributed by atoms with Gasteiger partial charge in [-0.25, -0.2) is 4.79 Å². The first-order valence-corrected chi connectivity index (χ1v) is 10.2. The van der Waals surface area contributed by atoms with Gasteiger partial charge in [-0.15, -0.1) is 0 Å². The van der Waals surface area contributed by atoms with Crippen LogP contribution >= 0.6 is 0 Å². The largest absolute Gasteiger partial charge is 0.497 e. The molecule has 1 N–H and O–H groups in total. The molecule has 0 unspecified atom stereocenters. The molecular weight excluding hydrogens is 398 g/mol. The van der Waals surface area contributed by atoms with E-state index in [-0.39, 0.29) is 11.7 Å². The molecule has 0 aromatic heterocycles. The highest BCUT2D eigenvalue weighted by Gasteiger charge is 2.30. The molecule has 0 radical (unpaired) electrons. The quantitative estimate of drug-likeness (QED) is 0.460. The summed E-state index contributed by atoms with van der Waals surface area (Å²) in [5.74, 6) is -0.663. The molecule has 0 saturated heterocycles. The van der Waals surface area contributed by atoms with Gasteiger partial charge in [0.05, 0.1) is 19.3 Å². The average Bonchev–Trinajstić information content (AvgIpc) is 2.77. The fourth-order valence-electron chi connectivity index (χ4n) is 2.94. The summed E-state index contributed by atoms with van der Waals surface area (Å²) in [5, 5.41) is 2.71. The lowest BCUT2D eigenvalue weighted by Gasteiger charge is -2.23. The Morgan fingerprint density at radius 1 is 0.968 bits per heavy atom. The van der Waals surface area contributed by atoms with Crippen molar-refractivity contribution in [2.75, 3.05) is 13.7 Å². The van der Waals surface area contributed by atoms with Gasteiger partial charge in [0.25, 0.3) is 5.91 Å². The second kappa shape index (κ2) is 11.2. The highest BCUT2D eigenvalue weighted by Crippen LogP contribution is 2.19. The Morgan fingerprint density at radius 3 is 2.19 bits per heavy atom. The van der Waals surface area contributed by atoms with E-state index in [1.807, 2.05) is 6.92 Å². The minimum atomic E-state index is -1.00. The molecule has 0 bridgehead atoms. The van der Waals surface area contributed by atoms with Gasteiger partial charge in [-0.2, -0.15) is 0 Å². The number of nitrogens with one attached hydrogen (secondary N) is 1. The summed E-state index contributed by atoms with van der Waals surface area (Å²) in [4.78, 5) is 38.2. The number of carbonyl (C=O) groups excluding carboxylic acids is 3. The maximum absolute atomic E-state index is 12.8. The molecular formula is C24H29NO6. The normalized spacial score (nSPS) is 12.6. The Bertz CT molecular complexity index is 907. The van der Waals surface area contributed by atoms with Crippen LogP contribution in [0.3, 0.4) is 0 Å². The molecule has 0 saturated carbocycles. The Hall–Kier alpha value is -3.35. The van der Waals surface area contributed by atoms with E-state index in [4.69, 9.17) is 14.2 Å². The molecule has 0 fully saturated rings. The summed E-state index contributed by atoms with van der Waals surface area (Å²) in [6, 6.07) is 12.4. The van der Waals surface area contributed by atoms with Crippen LogP contribution < -0.4 is 14.8 Å². The van der Waals surface area contributed by atoms with Crippen molar-refractivity contribution in [1.29, 1.82) is 0 Å². The van der Waals surface area contributed by atoms with Crippen LogP contribution in [0.2, 0.25) is 0 Å². The molecule has 0 spiro atoms. The van der Waals surface area contributed by atoms with Gasteiger partial charge in [0.15, 0.2) is 6.10 Å². The fraction of sp³-hybridized carbons (Fsp3) is 0.375. The molecule has 7 nitrogen and oxygen atoms in total. The van der Waals surface area contributed by atoms with E-state index in [0.29, 0.717) is 29.2 Å².